The van der Waals surface area contributed by atoms with Crippen LogP contribution in [-0.4, -0.2) is 35.0 Å². The molecule has 0 aliphatic carbocycles. The molecule has 3 rings (SSSR count). The molecule has 2 atom stereocenters. The Morgan fingerprint density at radius 1 is 1.48 bits per heavy atom. The summed E-state index contributed by atoms with van der Waals surface area (Å²) in [6, 6.07) is 5.28. The largest absolute Gasteiger partial charge is 0.316 e. The van der Waals surface area contributed by atoms with Gasteiger partial charge in [0.15, 0.2) is 0 Å². The fourth-order valence-electron chi connectivity index (χ4n) is 3.81. The average Bonchev–Trinajstić information content (AvgIpc) is 2.96. The number of nitro groups is 1. The first-order valence-corrected chi connectivity index (χ1v) is 8.08. The van der Waals surface area contributed by atoms with Crippen LogP contribution >= 0.6 is 15.9 Å². The van der Waals surface area contributed by atoms with Gasteiger partial charge in [-0.15, -0.1) is 0 Å². The quantitative estimate of drug-likeness (QED) is 0.670. The Hall–Kier alpha value is -0.980. The van der Waals surface area contributed by atoms with Crippen molar-refractivity contribution in [1.29, 1.82) is 0 Å². The molecule has 5 nitrogen and oxygen atoms in total. The van der Waals surface area contributed by atoms with Crippen molar-refractivity contribution < 1.29 is 4.92 Å². The highest BCUT2D eigenvalue weighted by Crippen LogP contribution is 2.42. The molecule has 2 fully saturated rings. The van der Waals surface area contributed by atoms with E-state index < -0.39 is 0 Å². The number of benzene rings is 1. The lowest BCUT2D eigenvalue weighted by Gasteiger charge is -2.35. The Kier molecular flexibility index (Phi) is 3.80. The van der Waals surface area contributed by atoms with E-state index in [-0.39, 0.29) is 16.1 Å². The van der Waals surface area contributed by atoms with Gasteiger partial charge in [0.1, 0.15) is 0 Å². The van der Waals surface area contributed by atoms with Gasteiger partial charge in [-0.2, -0.15) is 0 Å². The summed E-state index contributed by atoms with van der Waals surface area (Å²) in [4.78, 5) is 13.2. The molecule has 1 aromatic carbocycles. The fraction of sp³-hybridized carbons (Fsp3) is 0.600. The van der Waals surface area contributed by atoms with E-state index >= 15 is 0 Å². The molecule has 2 unspecified atom stereocenters. The van der Waals surface area contributed by atoms with Gasteiger partial charge in [0.05, 0.1) is 9.40 Å². The van der Waals surface area contributed by atoms with E-state index in [0.717, 1.165) is 31.7 Å². The van der Waals surface area contributed by atoms with Crippen molar-refractivity contribution in [2.24, 2.45) is 11.8 Å². The number of hydrogen-bond acceptors (Lipinski definition) is 4. The van der Waals surface area contributed by atoms with Crippen molar-refractivity contribution in [3.8, 4) is 0 Å². The molecule has 0 saturated carbocycles. The Labute approximate surface area is 133 Å². The van der Waals surface area contributed by atoms with E-state index in [1.165, 1.54) is 0 Å². The standard InChI is InChI=1S/C15H20BrN3O2/c1-15(2)12-7-17-6-11(12)9-18(15)8-10-4-3-5-13(14(10)16)19(20)21/h3-5,11-12,17H,6-9H2,1-2H3. The van der Waals surface area contributed by atoms with E-state index in [2.05, 4.69) is 40.0 Å². The van der Waals surface area contributed by atoms with Crippen LogP contribution in [0.4, 0.5) is 5.69 Å². The van der Waals surface area contributed by atoms with Crippen molar-refractivity contribution in [3.63, 3.8) is 0 Å². The van der Waals surface area contributed by atoms with E-state index in [1.54, 1.807) is 12.1 Å². The average molecular weight is 354 g/mol. The molecule has 0 aromatic heterocycles. The normalized spacial score (nSPS) is 27.8. The van der Waals surface area contributed by atoms with Crippen LogP contribution in [0.1, 0.15) is 19.4 Å². The van der Waals surface area contributed by atoms with Crippen LogP contribution in [0.25, 0.3) is 0 Å². The molecule has 2 aliphatic heterocycles. The molecule has 114 valence electrons. The molecule has 6 heteroatoms. The lowest BCUT2D eigenvalue weighted by molar-refractivity contribution is -0.385. The molecular formula is C15H20BrN3O2. The van der Waals surface area contributed by atoms with Crippen LogP contribution in [-0.2, 0) is 6.54 Å². The number of rotatable bonds is 3. The van der Waals surface area contributed by atoms with Crippen LogP contribution < -0.4 is 5.32 Å². The molecule has 1 N–H and O–H groups in total. The summed E-state index contributed by atoms with van der Waals surface area (Å²) in [6.45, 7) is 8.54. The lowest BCUT2D eigenvalue weighted by atomic mass is 9.85. The van der Waals surface area contributed by atoms with Gasteiger partial charge in [-0.1, -0.05) is 12.1 Å². The lowest BCUT2D eigenvalue weighted by Crippen LogP contribution is -2.43. The number of fused-ring (bicyclic) bond motifs is 1. The Morgan fingerprint density at radius 2 is 2.24 bits per heavy atom. The van der Waals surface area contributed by atoms with E-state index in [0.29, 0.717) is 16.3 Å². The zero-order valence-corrected chi connectivity index (χ0v) is 13.9. The van der Waals surface area contributed by atoms with Crippen molar-refractivity contribution in [3.05, 3.63) is 38.3 Å². The Balaban J connectivity index is 1.85. The van der Waals surface area contributed by atoms with Gasteiger partial charge in [0.2, 0.25) is 0 Å². The van der Waals surface area contributed by atoms with Crippen molar-refractivity contribution >= 4 is 21.6 Å². The minimum atomic E-state index is -0.332. The number of nitrogens with one attached hydrogen (secondary N) is 1. The third kappa shape index (κ3) is 2.49. The van der Waals surface area contributed by atoms with E-state index in [4.69, 9.17) is 0 Å². The maximum Gasteiger partial charge on any atom is 0.283 e. The van der Waals surface area contributed by atoms with Crippen molar-refractivity contribution in [1.82, 2.24) is 10.2 Å². The van der Waals surface area contributed by atoms with Gasteiger partial charge >= 0.3 is 0 Å². The summed E-state index contributed by atoms with van der Waals surface area (Å²) in [5.74, 6) is 1.35. The molecule has 0 bridgehead atoms. The maximum atomic E-state index is 11.1. The highest BCUT2D eigenvalue weighted by Gasteiger charge is 2.49. The Bertz CT molecular complexity index is 576. The van der Waals surface area contributed by atoms with Crippen LogP contribution in [0.5, 0.6) is 0 Å². The molecule has 21 heavy (non-hydrogen) atoms. The predicted molar refractivity (Wildman–Crippen MR) is 85.1 cm³/mol. The number of halogens is 1. The van der Waals surface area contributed by atoms with E-state index in [1.807, 2.05) is 6.07 Å². The zero-order valence-electron chi connectivity index (χ0n) is 12.3. The minimum absolute atomic E-state index is 0.123. The highest BCUT2D eigenvalue weighted by atomic mass is 79.9. The summed E-state index contributed by atoms with van der Waals surface area (Å²) in [7, 11) is 0. The second-order valence-corrected chi connectivity index (χ2v) is 7.36. The fourth-order valence-corrected chi connectivity index (χ4v) is 4.34. The van der Waals surface area contributed by atoms with E-state index in [9.17, 15) is 10.1 Å². The molecule has 0 radical (unpaired) electrons. The van der Waals surface area contributed by atoms with Gasteiger partial charge in [-0.3, -0.25) is 15.0 Å². The molecule has 1 aromatic rings. The first kappa shape index (κ1) is 14.9. The summed E-state index contributed by atoms with van der Waals surface area (Å²) in [5.41, 5.74) is 1.26. The SMILES string of the molecule is CC1(C)C2CNCC2CN1Cc1cccc([N+](=O)[O-])c1Br. The second-order valence-electron chi connectivity index (χ2n) is 6.57. The first-order chi connectivity index (χ1) is 9.91. The van der Waals surface area contributed by atoms with Crippen LogP contribution in [0.2, 0.25) is 0 Å². The van der Waals surface area contributed by atoms with Crippen LogP contribution in [0.3, 0.4) is 0 Å². The molecule has 0 amide bonds. The molecule has 2 aliphatic rings. The first-order valence-electron chi connectivity index (χ1n) is 7.29. The summed E-state index contributed by atoms with van der Waals surface area (Å²) >= 11 is 3.41. The number of likely N-dealkylation sites (tertiary alicyclic amines) is 1. The molecule has 2 heterocycles. The van der Waals surface area contributed by atoms with Crippen LogP contribution in [0.15, 0.2) is 22.7 Å². The Morgan fingerprint density at radius 3 is 2.90 bits per heavy atom. The third-order valence-corrected chi connectivity index (χ3v) is 6.05. The third-order valence-electron chi connectivity index (χ3n) is 5.13. The number of hydrogen-bond donors (Lipinski definition) is 1. The van der Waals surface area contributed by atoms with Gasteiger partial charge in [-0.25, -0.2) is 0 Å². The van der Waals surface area contributed by atoms with Crippen LogP contribution in [0, 0.1) is 22.0 Å². The van der Waals surface area contributed by atoms with Gasteiger partial charge < -0.3 is 5.32 Å². The number of nitro benzene ring substituents is 1. The maximum absolute atomic E-state index is 11.1. The number of nitrogens with zero attached hydrogens (tertiary/aromatic N) is 2. The summed E-state index contributed by atoms with van der Waals surface area (Å²) < 4.78 is 0.612. The topological polar surface area (TPSA) is 58.4 Å². The van der Waals surface area contributed by atoms with Gasteiger partial charge in [-0.05, 0) is 53.7 Å². The highest BCUT2D eigenvalue weighted by molar-refractivity contribution is 9.10. The smallest absolute Gasteiger partial charge is 0.283 e. The minimum Gasteiger partial charge on any atom is -0.316 e. The molecular weight excluding hydrogens is 334 g/mol. The zero-order chi connectivity index (χ0) is 15.2. The monoisotopic (exact) mass is 353 g/mol. The van der Waals surface area contributed by atoms with Gasteiger partial charge in [0, 0.05) is 31.2 Å². The second kappa shape index (κ2) is 5.34. The van der Waals surface area contributed by atoms with Gasteiger partial charge in [0.25, 0.3) is 5.69 Å². The summed E-state index contributed by atoms with van der Waals surface area (Å²) in [6.07, 6.45) is 0. The summed E-state index contributed by atoms with van der Waals surface area (Å²) in [5, 5.41) is 14.5. The molecule has 0 spiro atoms. The van der Waals surface area contributed by atoms with Crippen molar-refractivity contribution in [2.45, 2.75) is 25.9 Å². The van der Waals surface area contributed by atoms with Crippen molar-refractivity contribution in [2.75, 3.05) is 19.6 Å². The molecule has 2 saturated heterocycles. The predicted octanol–water partition coefficient (Wildman–Crippen LogP) is 2.79.